The Labute approximate surface area is 173 Å². The molecule has 1 saturated heterocycles. The van der Waals surface area contributed by atoms with Crippen LogP contribution in [0, 0.1) is 5.92 Å². The van der Waals surface area contributed by atoms with E-state index in [1.165, 1.54) is 4.90 Å². The third-order valence-electron chi connectivity index (χ3n) is 5.53. The highest BCUT2D eigenvalue weighted by Crippen LogP contribution is 2.30. The van der Waals surface area contributed by atoms with Gasteiger partial charge in [-0.2, -0.15) is 13.2 Å². The molecule has 166 valence electrons. The van der Waals surface area contributed by atoms with Crippen LogP contribution in [0.1, 0.15) is 31.2 Å². The molecule has 30 heavy (non-hydrogen) atoms. The van der Waals surface area contributed by atoms with E-state index in [0.717, 1.165) is 43.9 Å². The van der Waals surface area contributed by atoms with Crippen molar-refractivity contribution >= 4 is 21.8 Å². The predicted octanol–water partition coefficient (Wildman–Crippen LogP) is 1.84. The van der Waals surface area contributed by atoms with E-state index in [1.54, 1.807) is 4.90 Å². The van der Waals surface area contributed by atoms with E-state index in [4.69, 9.17) is 0 Å². The van der Waals surface area contributed by atoms with Crippen LogP contribution in [-0.2, 0) is 25.8 Å². The summed E-state index contributed by atoms with van der Waals surface area (Å²) >= 11 is 0. The largest absolute Gasteiger partial charge is 0.416 e. The Morgan fingerprint density at radius 2 is 1.63 bits per heavy atom. The second-order valence-electron chi connectivity index (χ2n) is 7.54. The molecule has 7 nitrogen and oxygen atoms in total. The molecule has 0 bridgehead atoms. The Bertz CT molecular complexity index is 891. The molecule has 3 rings (SSSR count). The fraction of sp³-hybridized carbons (Fsp3) is 0.579. The van der Waals surface area contributed by atoms with Gasteiger partial charge in [-0.05, 0) is 31.0 Å². The van der Waals surface area contributed by atoms with Gasteiger partial charge in [0.25, 0.3) is 0 Å². The van der Waals surface area contributed by atoms with E-state index in [-0.39, 0.29) is 11.8 Å². The average Bonchev–Trinajstić information content (AvgIpc) is 3.26. The number of hydrogen-bond donors (Lipinski definition) is 1. The van der Waals surface area contributed by atoms with Crippen molar-refractivity contribution in [3.63, 3.8) is 0 Å². The summed E-state index contributed by atoms with van der Waals surface area (Å²) in [6.45, 7) is 0.809. The van der Waals surface area contributed by atoms with Crippen LogP contribution in [0.15, 0.2) is 29.2 Å². The first-order chi connectivity index (χ1) is 14.1. The normalized spacial score (nSPS) is 18.6. The van der Waals surface area contributed by atoms with Crippen molar-refractivity contribution in [2.75, 3.05) is 32.7 Å². The van der Waals surface area contributed by atoms with E-state index < -0.39 is 39.1 Å². The molecule has 1 aliphatic heterocycles. The van der Waals surface area contributed by atoms with E-state index in [9.17, 15) is 31.2 Å². The molecule has 0 atom stereocenters. The zero-order valence-corrected chi connectivity index (χ0v) is 17.1. The Balaban J connectivity index is 1.52. The number of halogens is 3. The van der Waals surface area contributed by atoms with Gasteiger partial charge >= 0.3 is 6.18 Å². The highest BCUT2D eigenvalue weighted by molar-refractivity contribution is 7.89. The van der Waals surface area contributed by atoms with Crippen LogP contribution in [0.2, 0.25) is 0 Å². The maximum atomic E-state index is 12.8. The molecule has 1 aliphatic carbocycles. The Morgan fingerprint density at radius 3 is 2.23 bits per heavy atom. The summed E-state index contributed by atoms with van der Waals surface area (Å²) in [6, 6.07) is 3.34. The van der Waals surface area contributed by atoms with E-state index >= 15 is 0 Å². The van der Waals surface area contributed by atoms with Crippen LogP contribution >= 0.6 is 0 Å². The zero-order valence-electron chi connectivity index (χ0n) is 16.3. The second-order valence-corrected chi connectivity index (χ2v) is 9.30. The number of carbonyl (C=O) groups is 2. The summed E-state index contributed by atoms with van der Waals surface area (Å²) in [7, 11) is -4.27. The van der Waals surface area contributed by atoms with Gasteiger partial charge in [0, 0.05) is 32.1 Å². The molecular formula is C19H24F3N3O4S. The van der Waals surface area contributed by atoms with Gasteiger partial charge in [0.1, 0.15) is 0 Å². The molecule has 1 heterocycles. The summed E-state index contributed by atoms with van der Waals surface area (Å²) in [5.74, 6) is -0.310. The summed E-state index contributed by atoms with van der Waals surface area (Å²) in [5.41, 5.74) is -1.08. The minimum atomic E-state index is -4.67. The summed E-state index contributed by atoms with van der Waals surface area (Å²) < 4.78 is 65.0. The number of piperazine rings is 1. The minimum Gasteiger partial charge on any atom is -0.339 e. The zero-order chi connectivity index (χ0) is 21.9. The van der Waals surface area contributed by atoms with Crippen LogP contribution in [0.5, 0.6) is 0 Å². The molecule has 0 radical (unpaired) electrons. The van der Waals surface area contributed by atoms with Crippen molar-refractivity contribution in [1.29, 1.82) is 0 Å². The van der Waals surface area contributed by atoms with Gasteiger partial charge in [-0.1, -0.05) is 18.9 Å². The fourth-order valence-electron chi connectivity index (χ4n) is 3.80. The minimum absolute atomic E-state index is 0.0616. The third-order valence-corrected chi connectivity index (χ3v) is 6.93. The van der Waals surface area contributed by atoms with E-state index in [1.807, 2.05) is 0 Å². The molecular weight excluding hydrogens is 423 g/mol. The molecule has 2 amide bonds. The lowest BCUT2D eigenvalue weighted by molar-refractivity contribution is -0.141. The van der Waals surface area contributed by atoms with Crippen LogP contribution in [0.4, 0.5) is 13.2 Å². The monoisotopic (exact) mass is 447 g/mol. The number of carbonyl (C=O) groups excluding carboxylic acids is 2. The standard InChI is InChI=1S/C19H24F3N3O4S/c20-19(21,22)15-6-3-7-16(12-15)30(28,29)23-13-17(26)24-8-10-25(11-9-24)18(27)14-4-1-2-5-14/h3,6-7,12,14,23H,1-2,4-5,8-11,13H2. The lowest BCUT2D eigenvalue weighted by atomic mass is 10.1. The highest BCUT2D eigenvalue weighted by atomic mass is 32.2. The number of hydrogen-bond acceptors (Lipinski definition) is 4. The van der Waals surface area contributed by atoms with Gasteiger partial charge in [0.2, 0.25) is 21.8 Å². The molecule has 1 aromatic rings. The number of amides is 2. The Morgan fingerprint density at radius 1 is 1.03 bits per heavy atom. The van der Waals surface area contributed by atoms with Crippen LogP contribution < -0.4 is 4.72 Å². The number of rotatable bonds is 5. The van der Waals surface area contributed by atoms with Gasteiger partial charge in [-0.15, -0.1) is 0 Å². The van der Waals surface area contributed by atoms with Crippen LogP contribution in [0.25, 0.3) is 0 Å². The van der Waals surface area contributed by atoms with E-state index in [2.05, 4.69) is 4.72 Å². The number of alkyl halides is 3. The molecule has 2 fully saturated rings. The molecule has 0 unspecified atom stereocenters. The Hall–Kier alpha value is -2.14. The summed E-state index contributed by atoms with van der Waals surface area (Å²) in [6.07, 6.45) is -0.761. The first kappa shape index (κ1) is 22.5. The molecule has 1 N–H and O–H groups in total. The van der Waals surface area contributed by atoms with Crippen molar-refractivity contribution < 1.29 is 31.2 Å². The quantitative estimate of drug-likeness (QED) is 0.747. The number of nitrogens with one attached hydrogen (secondary N) is 1. The molecule has 1 saturated carbocycles. The van der Waals surface area contributed by atoms with Crippen LogP contribution in [0.3, 0.4) is 0 Å². The number of sulfonamides is 1. The SMILES string of the molecule is O=C(CNS(=O)(=O)c1cccc(C(F)(F)F)c1)N1CCN(C(=O)C2CCCC2)CC1. The van der Waals surface area contributed by atoms with Crippen molar-refractivity contribution in [2.24, 2.45) is 5.92 Å². The van der Waals surface area contributed by atoms with Crippen molar-refractivity contribution in [2.45, 2.75) is 36.8 Å². The Kier molecular flexibility index (Phi) is 6.71. The predicted molar refractivity (Wildman–Crippen MR) is 102 cm³/mol. The van der Waals surface area contributed by atoms with Crippen molar-refractivity contribution in [3.8, 4) is 0 Å². The average molecular weight is 447 g/mol. The first-order valence-electron chi connectivity index (χ1n) is 9.81. The van der Waals surface area contributed by atoms with Gasteiger partial charge in [0.05, 0.1) is 17.0 Å². The summed E-state index contributed by atoms with van der Waals surface area (Å²) in [5, 5.41) is 0. The van der Waals surface area contributed by atoms with Crippen molar-refractivity contribution in [3.05, 3.63) is 29.8 Å². The van der Waals surface area contributed by atoms with Crippen molar-refractivity contribution in [1.82, 2.24) is 14.5 Å². The molecule has 1 aromatic carbocycles. The van der Waals surface area contributed by atoms with Gasteiger partial charge in [0.15, 0.2) is 0 Å². The number of benzene rings is 1. The molecule has 0 spiro atoms. The summed E-state index contributed by atoms with van der Waals surface area (Å²) in [4.78, 5) is 27.4. The van der Waals surface area contributed by atoms with Crippen LogP contribution in [-0.4, -0.2) is 62.8 Å². The van der Waals surface area contributed by atoms with E-state index in [0.29, 0.717) is 32.2 Å². The lowest BCUT2D eigenvalue weighted by Gasteiger charge is -2.36. The highest BCUT2D eigenvalue weighted by Gasteiger charge is 2.33. The molecule has 0 aromatic heterocycles. The first-order valence-corrected chi connectivity index (χ1v) is 11.3. The topological polar surface area (TPSA) is 86.8 Å². The maximum Gasteiger partial charge on any atom is 0.416 e. The fourth-order valence-corrected chi connectivity index (χ4v) is 4.82. The molecule has 11 heteroatoms. The second kappa shape index (κ2) is 8.93. The third kappa shape index (κ3) is 5.31. The van der Waals surface area contributed by atoms with Gasteiger partial charge in [-0.25, -0.2) is 13.1 Å². The van der Waals surface area contributed by atoms with Gasteiger partial charge in [-0.3, -0.25) is 9.59 Å². The van der Waals surface area contributed by atoms with Gasteiger partial charge < -0.3 is 9.80 Å². The molecule has 2 aliphatic rings. The smallest absolute Gasteiger partial charge is 0.339 e. The maximum absolute atomic E-state index is 12.8. The lowest BCUT2D eigenvalue weighted by Crippen LogP contribution is -2.53. The number of nitrogens with zero attached hydrogens (tertiary/aromatic N) is 2.